The predicted molar refractivity (Wildman–Crippen MR) is 59.3 cm³/mol. The van der Waals surface area contributed by atoms with E-state index in [9.17, 15) is 30.0 Å². The second kappa shape index (κ2) is 5.06. The highest BCUT2D eigenvalue weighted by Crippen LogP contribution is 2.33. The summed E-state index contributed by atoms with van der Waals surface area (Å²) in [6.45, 7) is 0. The fourth-order valence-electron chi connectivity index (χ4n) is 1.18. The monoisotopic (exact) mass is 318 g/mol. The van der Waals surface area contributed by atoms with E-state index in [1.165, 1.54) is 0 Å². The summed E-state index contributed by atoms with van der Waals surface area (Å²) in [5, 5.41) is 3.41. The topological polar surface area (TPSA) is 107 Å². The summed E-state index contributed by atoms with van der Waals surface area (Å²) in [5.41, 5.74) is -1.44. The number of aromatic nitrogens is 1. The first-order valence-electron chi connectivity index (χ1n) is 4.69. The molecule has 6 nitrogen and oxygen atoms in total. The maximum absolute atomic E-state index is 12.6. The van der Waals surface area contributed by atoms with E-state index < -0.39 is 48.1 Å². The average molecular weight is 318 g/mol. The van der Waals surface area contributed by atoms with Crippen LogP contribution in [0.25, 0.3) is 0 Å². The first kappa shape index (κ1) is 15.9. The molecule has 0 aromatic carbocycles. The van der Waals surface area contributed by atoms with E-state index in [4.69, 9.17) is 0 Å². The highest BCUT2D eigenvalue weighted by atomic mass is 32.2. The van der Waals surface area contributed by atoms with E-state index in [2.05, 4.69) is 10.1 Å². The molecular formula is C8H9F3N2O4S2. The molecule has 0 atom stereocenters. The molecule has 0 saturated carbocycles. The Labute approximate surface area is 107 Å². The van der Waals surface area contributed by atoms with Crippen molar-refractivity contribution in [1.82, 2.24) is 4.98 Å². The van der Waals surface area contributed by atoms with Gasteiger partial charge in [-0.2, -0.15) is 13.2 Å². The number of nitrogens with zero attached hydrogens (tertiary/aromatic N) is 1. The molecule has 0 amide bonds. The number of sulfone groups is 1. The van der Waals surface area contributed by atoms with Gasteiger partial charge in [0.15, 0.2) is 14.9 Å². The quantitative estimate of drug-likeness (QED) is 0.851. The van der Waals surface area contributed by atoms with Crippen molar-refractivity contribution in [2.24, 2.45) is 5.14 Å². The minimum absolute atomic E-state index is 0.552. The third-order valence-electron chi connectivity index (χ3n) is 2.01. The molecule has 11 heteroatoms. The molecule has 0 aliphatic heterocycles. The lowest BCUT2D eigenvalue weighted by atomic mass is 10.3. The molecule has 0 unspecified atom stereocenters. The van der Waals surface area contributed by atoms with Crippen LogP contribution < -0.4 is 5.14 Å². The van der Waals surface area contributed by atoms with Crippen molar-refractivity contribution in [3.63, 3.8) is 0 Å². The van der Waals surface area contributed by atoms with E-state index in [1.54, 1.807) is 0 Å². The van der Waals surface area contributed by atoms with Gasteiger partial charge in [0.1, 0.15) is 0 Å². The zero-order valence-corrected chi connectivity index (χ0v) is 10.9. The molecule has 0 bridgehead atoms. The van der Waals surface area contributed by atoms with E-state index in [-0.39, 0.29) is 0 Å². The maximum Gasteiger partial charge on any atom is 0.419 e. The van der Waals surface area contributed by atoms with Crippen LogP contribution in [0.5, 0.6) is 0 Å². The van der Waals surface area contributed by atoms with Crippen molar-refractivity contribution in [3.8, 4) is 0 Å². The van der Waals surface area contributed by atoms with Gasteiger partial charge in [-0.3, -0.25) is 0 Å². The fraction of sp³-hybridized carbons (Fsp3) is 0.375. The molecule has 0 fully saturated rings. The number of alkyl halides is 3. The molecule has 1 aromatic rings. The number of rotatable bonds is 4. The van der Waals surface area contributed by atoms with Crippen LogP contribution in [0.4, 0.5) is 13.2 Å². The lowest BCUT2D eigenvalue weighted by molar-refractivity contribution is -0.140. The minimum atomic E-state index is -4.90. The first-order valence-corrected chi connectivity index (χ1v) is 8.06. The third kappa shape index (κ3) is 4.44. The Balaban J connectivity index is 3.23. The summed E-state index contributed by atoms with van der Waals surface area (Å²) >= 11 is 0. The number of primary sulfonamides is 1. The minimum Gasteiger partial charge on any atom is -0.244 e. The average Bonchev–Trinajstić information content (AvgIpc) is 2.25. The van der Waals surface area contributed by atoms with Gasteiger partial charge in [0.25, 0.3) is 0 Å². The molecule has 1 rings (SSSR count). The third-order valence-corrected chi connectivity index (χ3v) is 4.70. The van der Waals surface area contributed by atoms with Crippen molar-refractivity contribution in [3.05, 3.63) is 23.9 Å². The van der Waals surface area contributed by atoms with E-state index in [0.29, 0.717) is 6.07 Å². The zero-order chi connectivity index (χ0) is 14.9. The Bertz CT molecular complexity index is 667. The van der Waals surface area contributed by atoms with Crippen molar-refractivity contribution in [2.75, 3.05) is 11.5 Å². The smallest absolute Gasteiger partial charge is 0.244 e. The van der Waals surface area contributed by atoms with Crippen molar-refractivity contribution in [1.29, 1.82) is 0 Å². The molecule has 0 saturated heterocycles. The Morgan fingerprint density at radius 3 is 2.21 bits per heavy atom. The lowest BCUT2D eigenvalue weighted by Gasteiger charge is -2.11. The van der Waals surface area contributed by atoms with Crippen LogP contribution in [0.15, 0.2) is 23.4 Å². The van der Waals surface area contributed by atoms with Gasteiger partial charge in [-0.05, 0) is 12.1 Å². The maximum atomic E-state index is 12.6. The molecule has 19 heavy (non-hydrogen) atoms. The molecule has 0 spiro atoms. The van der Waals surface area contributed by atoms with Crippen LogP contribution in [0.1, 0.15) is 5.56 Å². The van der Waals surface area contributed by atoms with Gasteiger partial charge in [0.05, 0.1) is 17.1 Å². The second-order valence-electron chi connectivity index (χ2n) is 3.54. The van der Waals surface area contributed by atoms with Crippen LogP contribution in [0.3, 0.4) is 0 Å². The van der Waals surface area contributed by atoms with E-state index >= 15 is 0 Å². The normalized spacial score (nSPS) is 13.5. The van der Waals surface area contributed by atoms with Gasteiger partial charge in [0, 0.05) is 6.20 Å². The standard InChI is InChI=1S/C8H9F3N2O4S2/c9-8(10,11)6-2-1-3-13-7(6)18(14,15)4-5-19(12,16)17/h1-3H,4-5H2,(H2,12,16,17). The summed E-state index contributed by atoms with van der Waals surface area (Å²) in [6, 6.07) is 1.48. The summed E-state index contributed by atoms with van der Waals surface area (Å²) in [6.07, 6.45) is -4.03. The number of sulfonamides is 1. The molecule has 2 N–H and O–H groups in total. The van der Waals surface area contributed by atoms with Crippen LogP contribution in [-0.2, 0) is 26.0 Å². The summed E-state index contributed by atoms with van der Waals surface area (Å²) in [7, 11) is -8.60. The van der Waals surface area contributed by atoms with Crippen LogP contribution in [0.2, 0.25) is 0 Å². The molecule has 1 aromatic heterocycles. The van der Waals surface area contributed by atoms with Crippen molar-refractivity contribution >= 4 is 19.9 Å². The number of hydrogen-bond acceptors (Lipinski definition) is 5. The highest BCUT2D eigenvalue weighted by Gasteiger charge is 2.38. The summed E-state index contributed by atoms with van der Waals surface area (Å²) < 4.78 is 82.5. The fourth-order valence-corrected chi connectivity index (χ4v) is 3.92. The Morgan fingerprint density at radius 2 is 1.74 bits per heavy atom. The zero-order valence-electron chi connectivity index (χ0n) is 9.25. The van der Waals surface area contributed by atoms with Gasteiger partial charge in [-0.25, -0.2) is 27.0 Å². The molecular weight excluding hydrogens is 309 g/mol. The highest BCUT2D eigenvalue weighted by molar-refractivity contribution is 7.94. The number of halogens is 3. The Hall–Kier alpha value is -1.20. The van der Waals surface area contributed by atoms with E-state index in [0.717, 1.165) is 12.3 Å². The van der Waals surface area contributed by atoms with Crippen LogP contribution in [0, 0.1) is 0 Å². The van der Waals surface area contributed by atoms with Crippen molar-refractivity contribution in [2.45, 2.75) is 11.2 Å². The van der Waals surface area contributed by atoms with Gasteiger partial charge < -0.3 is 0 Å². The summed E-state index contributed by atoms with van der Waals surface area (Å²) in [5.74, 6) is -2.05. The Morgan fingerprint density at radius 1 is 1.16 bits per heavy atom. The van der Waals surface area contributed by atoms with Crippen LogP contribution in [-0.4, -0.2) is 33.3 Å². The lowest BCUT2D eigenvalue weighted by Crippen LogP contribution is -2.25. The molecule has 0 aliphatic carbocycles. The first-order chi connectivity index (χ1) is 8.43. The van der Waals surface area contributed by atoms with Gasteiger partial charge in [-0.1, -0.05) is 0 Å². The molecule has 0 aliphatic rings. The molecule has 108 valence electrons. The van der Waals surface area contributed by atoms with E-state index in [1.807, 2.05) is 0 Å². The van der Waals surface area contributed by atoms with Gasteiger partial charge in [-0.15, -0.1) is 0 Å². The SMILES string of the molecule is NS(=O)(=O)CCS(=O)(=O)c1ncccc1C(F)(F)F. The van der Waals surface area contributed by atoms with Crippen LogP contribution >= 0.6 is 0 Å². The molecule has 1 heterocycles. The second-order valence-corrected chi connectivity index (χ2v) is 7.30. The molecule has 0 radical (unpaired) electrons. The number of hydrogen-bond donors (Lipinski definition) is 1. The van der Waals surface area contributed by atoms with Crippen molar-refractivity contribution < 1.29 is 30.0 Å². The predicted octanol–water partition coefficient (Wildman–Crippen LogP) is 0.163. The largest absolute Gasteiger partial charge is 0.419 e. The number of pyridine rings is 1. The number of nitrogens with two attached hydrogens (primary N) is 1. The van der Waals surface area contributed by atoms with Gasteiger partial charge >= 0.3 is 6.18 Å². The van der Waals surface area contributed by atoms with Gasteiger partial charge in [0.2, 0.25) is 10.0 Å². The summed E-state index contributed by atoms with van der Waals surface area (Å²) in [4.78, 5) is 3.17. The Kier molecular flexibility index (Phi) is 4.22.